The van der Waals surface area contributed by atoms with Crippen molar-refractivity contribution in [3.63, 3.8) is 0 Å². The Labute approximate surface area is 282 Å². The van der Waals surface area contributed by atoms with Crippen molar-refractivity contribution >= 4 is 46.9 Å². The van der Waals surface area contributed by atoms with Gasteiger partial charge in [-0.1, -0.05) is 18.2 Å². The molecule has 1 atom stereocenters. The number of carbonyl (C=O) groups excluding carboxylic acids is 3. The normalized spacial score (nSPS) is 12.7. The average Bonchev–Trinajstić information content (AvgIpc) is 3.12. The highest BCUT2D eigenvalue weighted by molar-refractivity contribution is 8.00. The van der Waals surface area contributed by atoms with Crippen LogP contribution in [0.5, 0.6) is 28.7 Å². The summed E-state index contributed by atoms with van der Waals surface area (Å²) in [6.45, 7) is 2.76. The Morgan fingerprint density at radius 2 is 1.40 bits per heavy atom. The maximum absolute atomic E-state index is 13.6. The van der Waals surface area contributed by atoms with Crippen LogP contribution in [0.1, 0.15) is 22.8 Å². The van der Waals surface area contributed by atoms with Crippen LogP contribution < -0.4 is 39.6 Å². The topological polar surface area (TPSA) is 133 Å². The minimum atomic E-state index is -0.566. The van der Waals surface area contributed by atoms with Crippen molar-refractivity contribution < 1.29 is 38.1 Å². The molecule has 5 rings (SSSR count). The molecule has 4 aromatic rings. The number of hydrogen-bond acceptors (Lipinski definition) is 9. The van der Waals surface area contributed by atoms with Gasteiger partial charge in [0, 0.05) is 39.5 Å². The molecule has 48 heavy (non-hydrogen) atoms. The Kier molecular flexibility index (Phi) is 11.1. The van der Waals surface area contributed by atoms with Crippen LogP contribution in [0.3, 0.4) is 0 Å². The zero-order chi connectivity index (χ0) is 34.0. The van der Waals surface area contributed by atoms with E-state index in [1.807, 2.05) is 6.92 Å². The Balaban J connectivity index is 1.29. The van der Waals surface area contributed by atoms with Gasteiger partial charge in [0.2, 0.25) is 5.91 Å². The Bertz CT molecular complexity index is 1810. The van der Waals surface area contributed by atoms with Crippen molar-refractivity contribution in [1.82, 2.24) is 5.32 Å². The number of fused-ring (bicyclic) bond motifs is 1. The Morgan fingerprint density at radius 1 is 0.750 bits per heavy atom. The van der Waals surface area contributed by atoms with Crippen molar-refractivity contribution in [3.8, 4) is 28.7 Å². The number of thioether (sulfide) groups is 1. The third-order valence-electron chi connectivity index (χ3n) is 7.17. The van der Waals surface area contributed by atoms with Crippen molar-refractivity contribution in [1.29, 1.82) is 0 Å². The molecule has 3 N–H and O–H groups in total. The van der Waals surface area contributed by atoms with E-state index in [0.717, 1.165) is 4.90 Å². The molecule has 11 nitrogen and oxygen atoms in total. The van der Waals surface area contributed by atoms with Crippen LogP contribution in [0.4, 0.5) is 11.4 Å². The van der Waals surface area contributed by atoms with Crippen LogP contribution in [0.2, 0.25) is 0 Å². The van der Waals surface area contributed by atoms with Gasteiger partial charge in [0.1, 0.15) is 24.7 Å². The molecule has 1 aliphatic heterocycles. The first-order valence-corrected chi connectivity index (χ1v) is 15.8. The van der Waals surface area contributed by atoms with Crippen molar-refractivity contribution in [2.45, 2.75) is 17.1 Å². The fourth-order valence-electron chi connectivity index (χ4n) is 4.70. The van der Waals surface area contributed by atoms with E-state index in [1.165, 1.54) is 39.2 Å². The number of rotatable bonds is 12. The van der Waals surface area contributed by atoms with Crippen molar-refractivity contribution in [2.24, 2.45) is 0 Å². The molecule has 0 saturated carbocycles. The van der Waals surface area contributed by atoms with Gasteiger partial charge in [-0.2, -0.15) is 0 Å². The van der Waals surface area contributed by atoms with Gasteiger partial charge >= 0.3 is 0 Å². The van der Waals surface area contributed by atoms with E-state index >= 15 is 0 Å². The van der Waals surface area contributed by atoms with Gasteiger partial charge in [0.05, 0.1) is 26.6 Å². The zero-order valence-electron chi connectivity index (χ0n) is 26.8. The minimum Gasteiger partial charge on any atom is -0.496 e. The van der Waals surface area contributed by atoms with Gasteiger partial charge in [0.25, 0.3) is 11.8 Å². The number of benzene rings is 4. The SMILES string of the molecule is COc1cc(OC)c(OC)cc1/C=C(\NC(=O)c1ccccc1)C(=O)Nc1ccc(SC(C)C(=O)Nc2ccc3c(c2)OCCO3)cc1. The number of ether oxygens (including phenoxy) is 5. The molecule has 1 heterocycles. The average molecular weight is 670 g/mol. The summed E-state index contributed by atoms with van der Waals surface area (Å²) in [5, 5.41) is 8.06. The summed E-state index contributed by atoms with van der Waals surface area (Å²) in [7, 11) is 4.49. The molecule has 1 aliphatic rings. The molecule has 1 unspecified atom stereocenters. The lowest BCUT2D eigenvalue weighted by Crippen LogP contribution is -2.30. The molecule has 3 amide bonds. The predicted molar refractivity (Wildman–Crippen MR) is 184 cm³/mol. The molecule has 0 saturated heterocycles. The molecular weight excluding hydrogens is 634 g/mol. The Morgan fingerprint density at radius 3 is 2.08 bits per heavy atom. The maximum Gasteiger partial charge on any atom is 0.272 e. The summed E-state index contributed by atoms with van der Waals surface area (Å²) in [5.74, 6) is 1.30. The van der Waals surface area contributed by atoms with Gasteiger partial charge in [-0.05, 0) is 67.6 Å². The number of nitrogens with one attached hydrogen (secondary N) is 3. The second-order valence-electron chi connectivity index (χ2n) is 10.4. The minimum absolute atomic E-state index is 0.0303. The molecule has 12 heteroatoms. The van der Waals surface area contributed by atoms with E-state index in [4.69, 9.17) is 23.7 Å². The number of hydrogen-bond donors (Lipinski definition) is 3. The number of methoxy groups -OCH3 is 3. The van der Waals surface area contributed by atoms with Crippen LogP contribution in [0, 0.1) is 0 Å². The first kappa shape index (κ1) is 33.7. The van der Waals surface area contributed by atoms with Crippen LogP contribution in [0.25, 0.3) is 6.08 Å². The third-order valence-corrected chi connectivity index (χ3v) is 8.28. The molecular formula is C36H35N3O8S. The summed E-state index contributed by atoms with van der Waals surface area (Å²) in [5.41, 5.74) is 1.92. The number of amides is 3. The zero-order valence-corrected chi connectivity index (χ0v) is 27.6. The standard InChI is InChI=1S/C36H35N3O8S/c1-22(34(40)38-26-12-15-29-33(20-26)47-17-16-46-29)48-27-13-10-25(11-14-27)37-36(42)28(39-35(41)23-8-6-5-7-9-23)18-24-19-31(44-3)32(45-4)21-30(24)43-2/h5-15,18-22H,16-17H2,1-4H3,(H,37,42)(H,38,40)(H,39,41)/b28-18-. The molecule has 0 spiro atoms. The van der Waals surface area contributed by atoms with E-state index in [-0.39, 0.29) is 11.6 Å². The molecule has 248 valence electrons. The van der Waals surface area contributed by atoms with Crippen molar-refractivity contribution in [3.05, 3.63) is 102 Å². The molecule has 0 bridgehead atoms. The largest absolute Gasteiger partial charge is 0.496 e. The van der Waals surface area contributed by atoms with Crippen LogP contribution in [-0.4, -0.2) is 57.5 Å². The Hall–Kier alpha value is -5.62. The van der Waals surface area contributed by atoms with Gasteiger partial charge in [-0.25, -0.2) is 0 Å². The summed E-state index contributed by atoms with van der Waals surface area (Å²) in [6.07, 6.45) is 1.50. The lowest BCUT2D eigenvalue weighted by atomic mass is 10.1. The van der Waals surface area contributed by atoms with Crippen LogP contribution >= 0.6 is 11.8 Å². The van der Waals surface area contributed by atoms with E-state index in [1.54, 1.807) is 84.9 Å². The van der Waals surface area contributed by atoms with E-state index in [2.05, 4.69) is 16.0 Å². The van der Waals surface area contributed by atoms with Gasteiger partial charge in [-0.3, -0.25) is 14.4 Å². The fourth-order valence-corrected chi connectivity index (χ4v) is 5.57. The summed E-state index contributed by atoms with van der Waals surface area (Å²) >= 11 is 1.37. The monoisotopic (exact) mass is 669 g/mol. The number of carbonyl (C=O) groups is 3. The highest BCUT2D eigenvalue weighted by Gasteiger charge is 2.20. The number of anilines is 2. The fraction of sp³-hybridized carbons (Fsp3) is 0.194. The summed E-state index contributed by atoms with van der Waals surface area (Å²) in [4.78, 5) is 40.4. The van der Waals surface area contributed by atoms with Gasteiger partial charge < -0.3 is 39.6 Å². The predicted octanol–water partition coefficient (Wildman–Crippen LogP) is 6.01. The van der Waals surface area contributed by atoms with Crippen molar-refractivity contribution in [2.75, 3.05) is 45.2 Å². The summed E-state index contributed by atoms with van der Waals surface area (Å²) < 4.78 is 27.5. The van der Waals surface area contributed by atoms with E-state index in [0.29, 0.717) is 64.5 Å². The van der Waals surface area contributed by atoms with Gasteiger partial charge in [0.15, 0.2) is 23.0 Å². The maximum atomic E-state index is 13.6. The van der Waals surface area contributed by atoms with Crippen LogP contribution in [-0.2, 0) is 9.59 Å². The van der Waals surface area contributed by atoms with E-state index in [9.17, 15) is 14.4 Å². The molecule has 0 radical (unpaired) electrons. The molecule has 4 aromatic carbocycles. The highest BCUT2D eigenvalue weighted by atomic mass is 32.2. The molecule has 0 fully saturated rings. The second kappa shape index (κ2) is 15.8. The van der Waals surface area contributed by atoms with Gasteiger partial charge in [-0.15, -0.1) is 11.8 Å². The molecule has 0 aromatic heterocycles. The molecule has 0 aliphatic carbocycles. The second-order valence-corrected chi connectivity index (χ2v) is 11.8. The van der Waals surface area contributed by atoms with E-state index < -0.39 is 17.1 Å². The third kappa shape index (κ3) is 8.39. The first-order chi connectivity index (χ1) is 23.3. The quantitative estimate of drug-likeness (QED) is 0.123. The summed E-state index contributed by atoms with van der Waals surface area (Å²) in [6, 6.07) is 24.2. The lowest BCUT2D eigenvalue weighted by Gasteiger charge is -2.19. The first-order valence-electron chi connectivity index (χ1n) is 14.9. The highest BCUT2D eigenvalue weighted by Crippen LogP contribution is 2.36. The lowest BCUT2D eigenvalue weighted by molar-refractivity contribution is -0.115. The smallest absolute Gasteiger partial charge is 0.272 e. The van der Waals surface area contributed by atoms with Crippen LogP contribution in [0.15, 0.2) is 95.5 Å².